The SMILES string of the molecule is CC(=O)c1nnn(C)c1C(F)F. The van der Waals surface area contributed by atoms with Gasteiger partial charge in [0.2, 0.25) is 0 Å². The van der Waals surface area contributed by atoms with E-state index in [-0.39, 0.29) is 5.69 Å². The highest BCUT2D eigenvalue weighted by Crippen LogP contribution is 2.20. The lowest BCUT2D eigenvalue weighted by molar-refractivity contribution is 0.0990. The van der Waals surface area contributed by atoms with Gasteiger partial charge in [-0.05, 0) is 0 Å². The first-order chi connectivity index (χ1) is 5.54. The summed E-state index contributed by atoms with van der Waals surface area (Å²) in [5, 5.41) is 6.64. The first kappa shape index (κ1) is 8.76. The second-order valence-electron chi connectivity index (χ2n) is 2.30. The van der Waals surface area contributed by atoms with Crippen LogP contribution in [0.2, 0.25) is 0 Å². The van der Waals surface area contributed by atoms with Crippen LogP contribution in [0.3, 0.4) is 0 Å². The van der Waals surface area contributed by atoms with Crippen LogP contribution >= 0.6 is 0 Å². The van der Waals surface area contributed by atoms with E-state index in [2.05, 4.69) is 10.3 Å². The molecule has 0 aliphatic carbocycles. The zero-order chi connectivity index (χ0) is 9.30. The van der Waals surface area contributed by atoms with Crippen molar-refractivity contribution in [2.45, 2.75) is 13.3 Å². The molecule has 1 rings (SSSR count). The van der Waals surface area contributed by atoms with Crippen molar-refractivity contribution in [1.82, 2.24) is 15.0 Å². The van der Waals surface area contributed by atoms with Crippen molar-refractivity contribution in [3.8, 4) is 0 Å². The van der Waals surface area contributed by atoms with E-state index >= 15 is 0 Å². The van der Waals surface area contributed by atoms with Gasteiger partial charge in [-0.25, -0.2) is 13.5 Å². The van der Waals surface area contributed by atoms with Crippen molar-refractivity contribution in [3.05, 3.63) is 11.4 Å². The first-order valence-electron chi connectivity index (χ1n) is 3.22. The fourth-order valence-electron chi connectivity index (χ4n) is 0.860. The predicted octanol–water partition coefficient (Wildman–Crippen LogP) is 0.955. The number of hydrogen-bond donors (Lipinski definition) is 0. The van der Waals surface area contributed by atoms with Crippen LogP contribution in [0.1, 0.15) is 29.5 Å². The summed E-state index contributed by atoms with van der Waals surface area (Å²) in [6.07, 6.45) is -2.72. The van der Waals surface area contributed by atoms with Crippen LogP contribution in [0.5, 0.6) is 0 Å². The van der Waals surface area contributed by atoms with Crippen molar-refractivity contribution in [2.75, 3.05) is 0 Å². The lowest BCUT2D eigenvalue weighted by Crippen LogP contribution is -2.03. The predicted molar refractivity (Wildman–Crippen MR) is 36.0 cm³/mol. The number of carbonyl (C=O) groups is 1. The van der Waals surface area contributed by atoms with Crippen molar-refractivity contribution in [1.29, 1.82) is 0 Å². The van der Waals surface area contributed by atoms with Crippen LogP contribution in [-0.2, 0) is 7.05 Å². The number of aromatic nitrogens is 3. The third-order valence-electron chi connectivity index (χ3n) is 1.41. The molecule has 0 aromatic carbocycles. The molecular weight excluding hydrogens is 168 g/mol. The van der Waals surface area contributed by atoms with Gasteiger partial charge in [0.05, 0.1) is 0 Å². The molecule has 0 bridgehead atoms. The van der Waals surface area contributed by atoms with Gasteiger partial charge in [-0.1, -0.05) is 5.21 Å². The second-order valence-corrected chi connectivity index (χ2v) is 2.30. The summed E-state index contributed by atoms with van der Waals surface area (Å²) in [6, 6.07) is 0. The summed E-state index contributed by atoms with van der Waals surface area (Å²) in [6.45, 7) is 1.18. The molecule has 4 nitrogen and oxygen atoms in total. The van der Waals surface area contributed by atoms with Gasteiger partial charge in [0.1, 0.15) is 5.69 Å². The monoisotopic (exact) mass is 175 g/mol. The Morgan fingerprint density at radius 1 is 1.58 bits per heavy atom. The molecule has 0 N–H and O–H groups in total. The van der Waals surface area contributed by atoms with Gasteiger partial charge in [-0.3, -0.25) is 4.79 Å². The Kier molecular flexibility index (Phi) is 2.16. The highest BCUT2D eigenvalue weighted by Gasteiger charge is 2.22. The number of halogens is 2. The molecule has 1 aromatic rings. The average Bonchev–Trinajstić information content (AvgIpc) is 2.30. The Bertz CT molecular complexity index is 308. The molecule has 0 saturated heterocycles. The van der Waals surface area contributed by atoms with Crippen LogP contribution in [0, 0.1) is 0 Å². The maximum absolute atomic E-state index is 12.2. The topological polar surface area (TPSA) is 47.8 Å². The van der Waals surface area contributed by atoms with Gasteiger partial charge in [0, 0.05) is 14.0 Å². The molecule has 1 heterocycles. The van der Waals surface area contributed by atoms with E-state index in [1.54, 1.807) is 0 Å². The van der Waals surface area contributed by atoms with Gasteiger partial charge >= 0.3 is 0 Å². The van der Waals surface area contributed by atoms with Gasteiger partial charge in [0.25, 0.3) is 6.43 Å². The van der Waals surface area contributed by atoms with E-state index < -0.39 is 17.9 Å². The molecule has 12 heavy (non-hydrogen) atoms. The smallest absolute Gasteiger partial charge is 0.282 e. The summed E-state index contributed by atoms with van der Waals surface area (Å²) >= 11 is 0. The quantitative estimate of drug-likeness (QED) is 0.629. The third kappa shape index (κ3) is 1.32. The van der Waals surface area contributed by atoms with Crippen LogP contribution in [-0.4, -0.2) is 20.8 Å². The van der Waals surface area contributed by atoms with Crippen LogP contribution in [0.15, 0.2) is 0 Å². The minimum Gasteiger partial charge on any atom is -0.293 e. The molecule has 1 aromatic heterocycles. The van der Waals surface area contributed by atoms with E-state index in [0.29, 0.717) is 0 Å². The number of aryl methyl sites for hydroxylation is 1. The molecule has 66 valence electrons. The van der Waals surface area contributed by atoms with Crippen molar-refractivity contribution >= 4 is 5.78 Å². The maximum atomic E-state index is 12.2. The number of nitrogens with zero attached hydrogens (tertiary/aromatic N) is 3. The molecule has 0 fully saturated rings. The zero-order valence-corrected chi connectivity index (χ0v) is 6.58. The van der Waals surface area contributed by atoms with Crippen LogP contribution in [0.25, 0.3) is 0 Å². The average molecular weight is 175 g/mol. The standard InChI is InChI=1S/C6H7F2N3O/c1-3(12)4-5(6(7)8)11(2)10-9-4/h6H,1-2H3. The molecule has 0 amide bonds. The minimum atomic E-state index is -2.72. The number of hydrogen-bond acceptors (Lipinski definition) is 3. The zero-order valence-electron chi connectivity index (χ0n) is 6.58. The van der Waals surface area contributed by atoms with Gasteiger partial charge in [0.15, 0.2) is 11.5 Å². The van der Waals surface area contributed by atoms with Crippen LogP contribution < -0.4 is 0 Å². The molecule has 0 radical (unpaired) electrons. The Hall–Kier alpha value is -1.33. The first-order valence-corrected chi connectivity index (χ1v) is 3.22. The normalized spacial score (nSPS) is 10.8. The highest BCUT2D eigenvalue weighted by molar-refractivity contribution is 5.93. The Balaban J connectivity index is 3.21. The summed E-state index contributed by atoms with van der Waals surface area (Å²) in [5.41, 5.74) is -0.685. The van der Waals surface area contributed by atoms with Gasteiger partial charge < -0.3 is 0 Å². The van der Waals surface area contributed by atoms with E-state index in [1.165, 1.54) is 14.0 Å². The minimum absolute atomic E-state index is 0.257. The summed E-state index contributed by atoms with van der Waals surface area (Å²) in [7, 11) is 1.32. The molecule has 0 atom stereocenters. The van der Waals surface area contributed by atoms with Crippen molar-refractivity contribution in [3.63, 3.8) is 0 Å². The molecule has 6 heteroatoms. The second kappa shape index (κ2) is 2.96. The lowest BCUT2D eigenvalue weighted by atomic mass is 10.2. The Morgan fingerprint density at radius 2 is 2.17 bits per heavy atom. The molecule has 0 unspecified atom stereocenters. The van der Waals surface area contributed by atoms with E-state index in [4.69, 9.17) is 0 Å². The number of ketones is 1. The van der Waals surface area contributed by atoms with Crippen molar-refractivity contribution in [2.24, 2.45) is 7.05 Å². The fraction of sp³-hybridized carbons (Fsp3) is 0.500. The Labute approximate surface area is 67.2 Å². The highest BCUT2D eigenvalue weighted by atomic mass is 19.3. The number of Topliss-reactive ketones (excluding diaryl/α,β-unsaturated/α-hetero) is 1. The van der Waals surface area contributed by atoms with E-state index in [1.807, 2.05) is 0 Å². The molecule has 0 saturated carbocycles. The third-order valence-corrected chi connectivity index (χ3v) is 1.41. The van der Waals surface area contributed by atoms with Crippen LogP contribution in [0.4, 0.5) is 8.78 Å². The van der Waals surface area contributed by atoms with Gasteiger partial charge in [-0.15, -0.1) is 5.10 Å². The van der Waals surface area contributed by atoms with Crippen molar-refractivity contribution < 1.29 is 13.6 Å². The summed E-state index contributed by atoms with van der Waals surface area (Å²) in [5.74, 6) is -0.501. The van der Waals surface area contributed by atoms with E-state index in [9.17, 15) is 13.6 Å². The summed E-state index contributed by atoms with van der Waals surface area (Å²) in [4.78, 5) is 10.7. The molecule has 0 aliphatic heterocycles. The maximum Gasteiger partial charge on any atom is 0.282 e. The molecule has 0 spiro atoms. The molecule has 0 aliphatic rings. The summed E-state index contributed by atoms with van der Waals surface area (Å²) < 4.78 is 25.4. The fourth-order valence-corrected chi connectivity index (χ4v) is 0.860. The number of alkyl halides is 2. The number of carbonyl (C=O) groups excluding carboxylic acids is 1. The number of rotatable bonds is 2. The lowest BCUT2D eigenvalue weighted by Gasteiger charge is -1.98. The Morgan fingerprint density at radius 3 is 2.50 bits per heavy atom. The van der Waals surface area contributed by atoms with Gasteiger partial charge in [-0.2, -0.15) is 0 Å². The molecular formula is C6H7F2N3O. The largest absolute Gasteiger partial charge is 0.293 e. The van der Waals surface area contributed by atoms with E-state index in [0.717, 1.165) is 4.68 Å².